The van der Waals surface area contributed by atoms with E-state index < -0.39 is 17.7 Å². The highest BCUT2D eigenvalue weighted by Crippen LogP contribution is 2.36. The molecule has 3 rings (SSSR count). The number of benzene rings is 1. The first kappa shape index (κ1) is 21.5. The van der Waals surface area contributed by atoms with Crippen LogP contribution in [-0.4, -0.2) is 45.9 Å². The lowest BCUT2D eigenvalue weighted by Gasteiger charge is -2.35. The first-order chi connectivity index (χ1) is 13.7. The smallest absolute Gasteiger partial charge is 0.341 e. The van der Waals surface area contributed by atoms with Gasteiger partial charge in [-0.15, -0.1) is 0 Å². The molecular formula is C21H31N3O5. The predicted octanol–water partition coefficient (Wildman–Crippen LogP) is 1.76. The number of aliphatic hydroxyl groups excluding tert-OH is 1. The van der Waals surface area contributed by atoms with Crippen molar-refractivity contribution in [2.75, 3.05) is 6.61 Å². The molecule has 0 saturated heterocycles. The molecule has 2 unspecified atom stereocenters. The standard InChI is InChI=1S/C21H31N3O5/c1-20(9-7-13(12-25)8-10-20)24-18(22)15-3-5-16-14(11-15)4-6-17(28-16)21(2,29-23)19(26)27/h3,5,11,13,17,25H,4,6-10,12,23H2,1-2H3,(H2,22,24)(H,26,27). The average molecular weight is 405 g/mol. The first-order valence-corrected chi connectivity index (χ1v) is 10.1. The van der Waals surface area contributed by atoms with E-state index in [1.165, 1.54) is 6.92 Å². The summed E-state index contributed by atoms with van der Waals surface area (Å²) in [4.78, 5) is 21.1. The minimum atomic E-state index is -1.61. The van der Waals surface area contributed by atoms with Crippen molar-refractivity contribution in [1.82, 2.24) is 0 Å². The number of hydrogen-bond acceptors (Lipinski definition) is 6. The van der Waals surface area contributed by atoms with Crippen molar-refractivity contribution in [3.05, 3.63) is 29.3 Å². The third-order valence-corrected chi connectivity index (χ3v) is 6.42. The third kappa shape index (κ3) is 4.39. The highest BCUT2D eigenvalue weighted by Gasteiger charge is 2.46. The summed E-state index contributed by atoms with van der Waals surface area (Å²) in [6, 6.07) is 5.58. The zero-order valence-electron chi connectivity index (χ0n) is 17.1. The number of carboxylic acid groups (broad SMARTS) is 1. The van der Waals surface area contributed by atoms with E-state index in [2.05, 4.69) is 6.92 Å². The molecule has 0 amide bonds. The lowest BCUT2D eigenvalue weighted by Crippen LogP contribution is -2.54. The van der Waals surface area contributed by atoms with E-state index >= 15 is 0 Å². The van der Waals surface area contributed by atoms with Crippen LogP contribution in [0, 0.1) is 5.92 Å². The summed E-state index contributed by atoms with van der Waals surface area (Å²) in [7, 11) is 0. The number of aliphatic carboxylic acids is 1. The van der Waals surface area contributed by atoms with Crippen molar-refractivity contribution in [3.8, 4) is 5.75 Å². The second kappa shape index (κ2) is 8.30. The monoisotopic (exact) mass is 405 g/mol. The van der Waals surface area contributed by atoms with Crippen LogP contribution >= 0.6 is 0 Å². The van der Waals surface area contributed by atoms with Gasteiger partial charge in [0.15, 0.2) is 0 Å². The molecule has 0 spiro atoms. The van der Waals surface area contributed by atoms with Gasteiger partial charge in [0, 0.05) is 12.2 Å². The first-order valence-electron chi connectivity index (χ1n) is 10.1. The summed E-state index contributed by atoms with van der Waals surface area (Å²) in [6.45, 7) is 3.76. The van der Waals surface area contributed by atoms with E-state index in [9.17, 15) is 15.0 Å². The minimum absolute atomic E-state index is 0.213. The Morgan fingerprint density at radius 1 is 1.38 bits per heavy atom. The fourth-order valence-electron chi connectivity index (χ4n) is 4.15. The molecule has 1 fully saturated rings. The molecule has 0 aromatic heterocycles. The van der Waals surface area contributed by atoms with Crippen LogP contribution in [0.15, 0.2) is 23.2 Å². The zero-order chi connectivity index (χ0) is 21.2. The summed E-state index contributed by atoms with van der Waals surface area (Å²) in [6.07, 6.45) is 4.12. The van der Waals surface area contributed by atoms with Gasteiger partial charge in [0.25, 0.3) is 0 Å². The topological polar surface area (TPSA) is 140 Å². The molecule has 1 aliphatic heterocycles. The zero-order valence-corrected chi connectivity index (χ0v) is 17.1. The molecular weight excluding hydrogens is 374 g/mol. The number of fused-ring (bicyclic) bond motifs is 1. The summed E-state index contributed by atoms with van der Waals surface area (Å²) < 4.78 is 5.89. The van der Waals surface area contributed by atoms with Gasteiger partial charge in [-0.25, -0.2) is 10.7 Å². The van der Waals surface area contributed by atoms with Crippen molar-refractivity contribution >= 4 is 11.8 Å². The molecule has 2 atom stereocenters. The molecule has 2 aliphatic rings. The van der Waals surface area contributed by atoms with Gasteiger partial charge in [0.1, 0.15) is 17.7 Å². The van der Waals surface area contributed by atoms with E-state index in [-0.39, 0.29) is 12.1 Å². The molecule has 0 radical (unpaired) electrons. The summed E-state index contributed by atoms with van der Waals surface area (Å²) in [5.74, 6) is 5.53. The van der Waals surface area contributed by atoms with Crippen LogP contribution in [0.5, 0.6) is 5.75 Å². The normalized spacial score (nSPS) is 29.4. The molecule has 160 valence electrons. The Hall–Kier alpha value is -2.16. The molecule has 0 bridgehead atoms. The number of ether oxygens (including phenoxy) is 1. The number of aryl methyl sites for hydroxylation is 1. The summed E-state index contributed by atoms with van der Waals surface area (Å²) in [5, 5.41) is 18.8. The van der Waals surface area contributed by atoms with Gasteiger partial charge in [-0.1, -0.05) is 0 Å². The van der Waals surface area contributed by atoms with E-state index in [4.69, 9.17) is 26.2 Å². The molecule has 8 nitrogen and oxygen atoms in total. The van der Waals surface area contributed by atoms with E-state index in [0.717, 1.165) is 36.8 Å². The summed E-state index contributed by atoms with van der Waals surface area (Å²) in [5.41, 5.74) is 6.27. The van der Waals surface area contributed by atoms with Crippen LogP contribution in [0.3, 0.4) is 0 Å². The van der Waals surface area contributed by atoms with Gasteiger partial charge in [-0.2, -0.15) is 0 Å². The highest BCUT2D eigenvalue weighted by atomic mass is 16.7. The molecule has 1 aliphatic carbocycles. The van der Waals surface area contributed by atoms with Gasteiger partial charge in [-0.3, -0.25) is 9.83 Å². The van der Waals surface area contributed by atoms with Crippen LogP contribution < -0.4 is 16.4 Å². The molecule has 1 aromatic carbocycles. The Kier molecular flexibility index (Phi) is 6.16. The Morgan fingerprint density at radius 2 is 2.07 bits per heavy atom. The number of aliphatic imine (C=N–C) groups is 1. The van der Waals surface area contributed by atoms with Crippen molar-refractivity contribution in [3.63, 3.8) is 0 Å². The lowest BCUT2D eigenvalue weighted by atomic mass is 9.78. The van der Waals surface area contributed by atoms with Gasteiger partial charge >= 0.3 is 5.97 Å². The predicted molar refractivity (Wildman–Crippen MR) is 109 cm³/mol. The number of carboxylic acids is 1. The Labute approximate surface area is 170 Å². The van der Waals surface area contributed by atoms with Gasteiger partial charge < -0.3 is 20.7 Å². The quantitative estimate of drug-likeness (QED) is 0.321. The van der Waals surface area contributed by atoms with Crippen LogP contribution in [0.25, 0.3) is 0 Å². The van der Waals surface area contributed by atoms with Crippen LogP contribution in [0.1, 0.15) is 57.1 Å². The third-order valence-electron chi connectivity index (χ3n) is 6.42. The van der Waals surface area contributed by atoms with Crippen molar-refractivity contribution in [1.29, 1.82) is 0 Å². The maximum absolute atomic E-state index is 11.5. The SMILES string of the molecule is CC1(N=C(N)c2ccc3c(c2)CCC(C(C)(ON)C(=O)O)O3)CCC(CO)CC1. The maximum Gasteiger partial charge on any atom is 0.341 e. The number of rotatable bonds is 6. The van der Waals surface area contributed by atoms with E-state index in [0.29, 0.717) is 30.3 Å². The molecule has 6 N–H and O–H groups in total. The van der Waals surface area contributed by atoms with Crippen LogP contribution in [0.2, 0.25) is 0 Å². The Morgan fingerprint density at radius 3 is 2.66 bits per heavy atom. The average Bonchev–Trinajstić information content (AvgIpc) is 2.72. The van der Waals surface area contributed by atoms with Gasteiger partial charge in [-0.05, 0) is 82.1 Å². The maximum atomic E-state index is 11.5. The second-order valence-corrected chi connectivity index (χ2v) is 8.62. The van der Waals surface area contributed by atoms with Gasteiger partial charge in [0.2, 0.25) is 5.60 Å². The molecule has 8 heteroatoms. The molecule has 1 aromatic rings. The highest BCUT2D eigenvalue weighted by molar-refractivity contribution is 5.98. The van der Waals surface area contributed by atoms with E-state index in [1.54, 1.807) is 6.07 Å². The number of aliphatic hydroxyl groups is 1. The van der Waals surface area contributed by atoms with Gasteiger partial charge in [0.05, 0.1) is 5.54 Å². The Balaban J connectivity index is 1.76. The lowest BCUT2D eigenvalue weighted by molar-refractivity contribution is -0.179. The second-order valence-electron chi connectivity index (χ2n) is 8.62. The molecule has 1 heterocycles. The van der Waals surface area contributed by atoms with Crippen molar-refractivity contribution in [2.24, 2.45) is 22.5 Å². The summed E-state index contributed by atoms with van der Waals surface area (Å²) >= 11 is 0. The number of nitrogens with zero attached hydrogens (tertiary/aromatic N) is 1. The number of amidine groups is 1. The fraction of sp³-hybridized carbons (Fsp3) is 0.619. The largest absolute Gasteiger partial charge is 0.486 e. The Bertz CT molecular complexity index is 789. The van der Waals surface area contributed by atoms with Crippen LogP contribution in [0.4, 0.5) is 0 Å². The van der Waals surface area contributed by atoms with Crippen molar-refractivity contribution < 1.29 is 24.6 Å². The number of carbonyl (C=O) groups is 1. The van der Waals surface area contributed by atoms with Crippen molar-refractivity contribution in [2.45, 2.75) is 69.6 Å². The number of nitrogens with two attached hydrogens (primary N) is 2. The van der Waals surface area contributed by atoms with E-state index in [1.807, 2.05) is 12.1 Å². The number of hydrogen-bond donors (Lipinski definition) is 4. The fourth-order valence-corrected chi connectivity index (χ4v) is 4.15. The molecule has 29 heavy (non-hydrogen) atoms. The minimum Gasteiger partial charge on any atom is -0.486 e. The van der Waals surface area contributed by atoms with Crippen LogP contribution in [-0.2, 0) is 16.1 Å². The molecule has 1 saturated carbocycles.